The van der Waals surface area contributed by atoms with Crippen LogP contribution in [0.3, 0.4) is 0 Å². The summed E-state index contributed by atoms with van der Waals surface area (Å²) in [6.07, 6.45) is 3.53. The first-order valence-electron chi connectivity index (χ1n) is 7.01. The lowest BCUT2D eigenvalue weighted by molar-refractivity contribution is -0.126. The zero-order valence-corrected chi connectivity index (χ0v) is 13.6. The number of furan rings is 1. The van der Waals surface area contributed by atoms with Crippen molar-refractivity contribution < 1.29 is 14.0 Å². The Morgan fingerprint density at radius 2 is 2.23 bits per heavy atom. The Bertz CT molecular complexity index is 663. The van der Waals surface area contributed by atoms with Crippen molar-refractivity contribution in [1.29, 1.82) is 0 Å². The van der Waals surface area contributed by atoms with Gasteiger partial charge < -0.3 is 15.5 Å². The molecule has 0 spiro atoms. The van der Waals surface area contributed by atoms with E-state index in [0.717, 1.165) is 5.56 Å². The summed E-state index contributed by atoms with van der Waals surface area (Å²) in [4.78, 5) is 28.5. The second-order valence-electron chi connectivity index (χ2n) is 5.35. The fourth-order valence-electron chi connectivity index (χ4n) is 2.32. The van der Waals surface area contributed by atoms with Gasteiger partial charge in [-0.25, -0.2) is 4.98 Å². The van der Waals surface area contributed by atoms with E-state index in [0.29, 0.717) is 11.4 Å². The number of nitrogens with one attached hydrogen (secondary N) is 1. The summed E-state index contributed by atoms with van der Waals surface area (Å²) in [5, 5.41) is 5.10. The molecule has 0 saturated heterocycles. The van der Waals surface area contributed by atoms with E-state index in [1.54, 1.807) is 24.0 Å². The molecule has 1 atom stereocenters. The first-order chi connectivity index (χ1) is 10.4. The highest BCUT2D eigenvalue weighted by Gasteiger charge is 2.40. The van der Waals surface area contributed by atoms with E-state index in [4.69, 9.17) is 10.2 Å². The lowest BCUT2D eigenvalue weighted by Gasteiger charge is -2.34. The summed E-state index contributed by atoms with van der Waals surface area (Å²) < 4.78 is 5.00. The lowest BCUT2D eigenvalue weighted by Crippen LogP contribution is -2.60. The third-order valence-corrected chi connectivity index (χ3v) is 4.72. The summed E-state index contributed by atoms with van der Waals surface area (Å²) in [6.45, 7) is 5.53. The van der Waals surface area contributed by atoms with Crippen molar-refractivity contribution >= 4 is 23.2 Å². The van der Waals surface area contributed by atoms with Gasteiger partial charge >= 0.3 is 0 Å². The molecule has 0 fully saturated rings. The number of nitrogens with zero attached hydrogens (tertiary/aromatic N) is 1. The van der Waals surface area contributed by atoms with E-state index in [1.807, 2.05) is 20.8 Å². The molecular weight excluding hydrogens is 302 g/mol. The van der Waals surface area contributed by atoms with Gasteiger partial charge in [0.2, 0.25) is 5.91 Å². The van der Waals surface area contributed by atoms with Gasteiger partial charge in [0, 0.05) is 10.9 Å². The fraction of sp³-hybridized carbons (Fsp3) is 0.400. The van der Waals surface area contributed by atoms with Crippen LogP contribution >= 0.6 is 11.3 Å². The van der Waals surface area contributed by atoms with Gasteiger partial charge in [-0.1, -0.05) is 20.8 Å². The molecule has 0 bridgehead atoms. The Balaban J connectivity index is 2.23. The van der Waals surface area contributed by atoms with Crippen LogP contribution in [0.5, 0.6) is 0 Å². The van der Waals surface area contributed by atoms with E-state index < -0.39 is 17.4 Å². The van der Waals surface area contributed by atoms with Crippen molar-refractivity contribution in [3.63, 3.8) is 0 Å². The van der Waals surface area contributed by atoms with Gasteiger partial charge in [-0.15, -0.1) is 11.3 Å². The third kappa shape index (κ3) is 2.89. The highest BCUT2D eigenvalue weighted by atomic mass is 32.1. The Hall–Kier alpha value is -2.15. The molecule has 0 radical (unpaired) electrons. The summed E-state index contributed by atoms with van der Waals surface area (Å²) >= 11 is 1.34. The molecular formula is C15H19N3O3S. The van der Waals surface area contributed by atoms with Crippen molar-refractivity contribution in [3.05, 3.63) is 29.7 Å². The molecule has 2 rings (SSSR count). The van der Waals surface area contributed by atoms with Gasteiger partial charge in [0.05, 0.1) is 6.26 Å². The number of carbonyl (C=O) groups excluding carboxylic acids is 2. The van der Waals surface area contributed by atoms with Gasteiger partial charge in [-0.2, -0.15) is 0 Å². The van der Waals surface area contributed by atoms with E-state index in [9.17, 15) is 9.59 Å². The van der Waals surface area contributed by atoms with Crippen LogP contribution in [0.25, 0.3) is 10.6 Å². The lowest BCUT2D eigenvalue weighted by atomic mass is 9.83. The molecule has 2 amide bonds. The monoisotopic (exact) mass is 321 g/mol. The van der Waals surface area contributed by atoms with Crippen LogP contribution in [0, 0.1) is 5.92 Å². The van der Waals surface area contributed by atoms with Gasteiger partial charge in [0.25, 0.3) is 5.91 Å². The Labute approximate surface area is 132 Å². The molecule has 3 N–H and O–H groups in total. The van der Waals surface area contributed by atoms with Crippen LogP contribution < -0.4 is 11.1 Å². The van der Waals surface area contributed by atoms with Crippen LogP contribution in [-0.4, -0.2) is 22.3 Å². The van der Waals surface area contributed by atoms with Crippen molar-refractivity contribution in [2.45, 2.75) is 32.7 Å². The Morgan fingerprint density at radius 1 is 1.50 bits per heavy atom. The topological polar surface area (TPSA) is 98.2 Å². The second-order valence-corrected chi connectivity index (χ2v) is 6.21. The minimum Gasteiger partial charge on any atom is -0.472 e. The van der Waals surface area contributed by atoms with Crippen molar-refractivity contribution in [1.82, 2.24) is 10.3 Å². The molecule has 7 heteroatoms. The zero-order valence-electron chi connectivity index (χ0n) is 12.8. The van der Waals surface area contributed by atoms with Crippen molar-refractivity contribution in [2.24, 2.45) is 11.7 Å². The quantitative estimate of drug-likeness (QED) is 0.853. The molecule has 22 heavy (non-hydrogen) atoms. The SMILES string of the molecule is CC[C@@](NC(=O)c1csc(-c2ccoc2)n1)(C(N)=O)C(C)C. The molecule has 0 aliphatic carbocycles. The van der Waals surface area contributed by atoms with Crippen LogP contribution in [-0.2, 0) is 4.79 Å². The molecule has 0 unspecified atom stereocenters. The number of rotatable bonds is 6. The minimum atomic E-state index is -1.07. The third-order valence-electron chi connectivity index (χ3n) is 3.82. The molecule has 0 aliphatic rings. The van der Waals surface area contributed by atoms with Crippen molar-refractivity contribution in [2.75, 3.05) is 0 Å². The minimum absolute atomic E-state index is 0.120. The molecule has 2 heterocycles. The molecule has 6 nitrogen and oxygen atoms in total. The van der Waals surface area contributed by atoms with Crippen LogP contribution in [0.1, 0.15) is 37.7 Å². The molecule has 118 valence electrons. The van der Waals surface area contributed by atoms with Crippen LogP contribution in [0.4, 0.5) is 0 Å². The average Bonchev–Trinajstić information content (AvgIpc) is 3.13. The Kier molecular flexibility index (Phi) is 4.65. The number of hydrogen-bond donors (Lipinski definition) is 2. The number of aromatic nitrogens is 1. The maximum atomic E-state index is 12.4. The van der Waals surface area contributed by atoms with Gasteiger partial charge in [-0.05, 0) is 18.4 Å². The first-order valence-corrected chi connectivity index (χ1v) is 7.89. The van der Waals surface area contributed by atoms with Gasteiger partial charge in [-0.3, -0.25) is 9.59 Å². The normalized spacial score (nSPS) is 13.8. The van der Waals surface area contributed by atoms with Crippen molar-refractivity contribution in [3.8, 4) is 10.6 Å². The van der Waals surface area contributed by atoms with Crippen LogP contribution in [0.15, 0.2) is 28.4 Å². The average molecular weight is 321 g/mol. The van der Waals surface area contributed by atoms with E-state index in [1.165, 1.54) is 11.3 Å². The van der Waals surface area contributed by atoms with Crippen LogP contribution in [0.2, 0.25) is 0 Å². The second kappa shape index (κ2) is 6.31. The molecule has 0 saturated carbocycles. The van der Waals surface area contributed by atoms with E-state index in [-0.39, 0.29) is 11.6 Å². The van der Waals surface area contributed by atoms with Gasteiger partial charge in [0.1, 0.15) is 22.5 Å². The highest BCUT2D eigenvalue weighted by Crippen LogP contribution is 2.25. The van der Waals surface area contributed by atoms with Gasteiger partial charge in [0.15, 0.2) is 0 Å². The number of hydrogen-bond acceptors (Lipinski definition) is 5. The summed E-state index contributed by atoms with van der Waals surface area (Å²) in [6, 6.07) is 1.77. The highest BCUT2D eigenvalue weighted by molar-refractivity contribution is 7.13. The first kappa shape index (κ1) is 16.2. The predicted molar refractivity (Wildman–Crippen MR) is 84.3 cm³/mol. The number of amides is 2. The zero-order chi connectivity index (χ0) is 16.3. The summed E-state index contributed by atoms with van der Waals surface area (Å²) in [7, 11) is 0. The number of carbonyl (C=O) groups is 2. The largest absolute Gasteiger partial charge is 0.472 e. The predicted octanol–water partition coefficient (Wildman–Crippen LogP) is 2.42. The number of nitrogens with two attached hydrogens (primary N) is 1. The summed E-state index contributed by atoms with van der Waals surface area (Å²) in [5.74, 6) is -1.06. The molecule has 2 aromatic heterocycles. The Morgan fingerprint density at radius 3 is 2.73 bits per heavy atom. The maximum Gasteiger partial charge on any atom is 0.271 e. The smallest absolute Gasteiger partial charge is 0.271 e. The molecule has 0 aliphatic heterocycles. The summed E-state index contributed by atoms with van der Waals surface area (Å²) in [5.41, 5.74) is 5.51. The van der Waals surface area contributed by atoms with E-state index in [2.05, 4.69) is 10.3 Å². The number of primary amides is 1. The standard InChI is InChI=1S/C15H19N3O3S/c1-4-15(9(2)3,14(16)20)18-12(19)11-8-22-13(17-11)10-5-6-21-7-10/h5-9H,4H2,1-3H3,(H2,16,20)(H,18,19)/t15-/m0/s1. The number of thiazole rings is 1. The van der Waals surface area contributed by atoms with E-state index >= 15 is 0 Å². The maximum absolute atomic E-state index is 12.4. The molecule has 2 aromatic rings. The fourth-order valence-corrected chi connectivity index (χ4v) is 3.11. The molecule has 0 aromatic carbocycles.